The van der Waals surface area contributed by atoms with Crippen LogP contribution in [0.1, 0.15) is 60.5 Å². The minimum absolute atomic E-state index is 0.247. The predicted molar refractivity (Wildman–Crippen MR) is 130 cm³/mol. The maximum atomic E-state index is 15.3. The molecule has 0 saturated heterocycles. The molecule has 4 rings (SSSR count). The van der Waals surface area contributed by atoms with Gasteiger partial charge in [-0.15, -0.1) is 0 Å². The third kappa shape index (κ3) is 5.14. The first-order valence-electron chi connectivity index (χ1n) is 11.7. The zero-order chi connectivity index (χ0) is 24.9. The molecule has 0 amide bonds. The van der Waals surface area contributed by atoms with Gasteiger partial charge in [0, 0.05) is 17.5 Å². The van der Waals surface area contributed by atoms with Crippen molar-refractivity contribution < 1.29 is 22.7 Å². The molecule has 0 radical (unpaired) electrons. The Morgan fingerprint density at radius 2 is 1.54 bits per heavy atom. The Kier molecular flexibility index (Phi) is 7.36. The lowest BCUT2D eigenvalue weighted by Gasteiger charge is -2.11. The van der Waals surface area contributed by atoms with Gasteiger partial charge < -0.3 is 4.74 Å². The van der Waals surface area contributed by atoms with Gasteiger partial charge in [-0.05, 0) is 40.6 Å². The summed E-state index contributed by atoms with van der Waals surface area (Å²) in [5, 5.41) is 11.5. The molecule has 0 heterocycles. The molecular weight excluding hydrogens is 451 g/mol. The molecule has 0 aliphatic carbocycles. The van der Waals surface area contributed by atoms with Crippen molar-refractivity contribution in [1.82, 2.24) is 0 Å². The van der Waals surface area contributed by atoms with Gasteiger partial charge in [0.15, 0.2) is 0 Å². The molecule has 0 fully saturated rings. The van der Waals surface area contributed by atoms with Gasteiger partial charge in [-0.25, -0.2) is 18.0 Å². The molecule has 4 aromatic carbocycles. The first-order valence-corrected chi connectivity index (χ1v) is 11.7. The van der Waals surface area contributed by atoms with Gasteiger partial charge in [0.05, 0.1) is 5.56 Å². The van der Waals surface area contributed by atoms with Gasteiger partial charge in [0.25, 0.3) is 0 Å². The molecule has 0 aliphatic rings. The molecule has 6 heteroatoms. The minimum atomic E-state index is -1.17. The van der Waals surface area contributed by atoms with E-state index in [9.17, 15) is 13.6 Å². The van der Waals surface area contributed by atoms with Gasteiger partial charge >= 0.3 is 5.97 Å². The van der Waals surface area contributed by atoms with Crippen LogP contribution in [0, 0.1) is 28.8 Å². The van der Waals surface area contributed by atoms with Crippen LogP contribution in [-0.4, -0.2) is 5.97 Å². The first kappa shape index (κ1) is 24.3. The third-order valence-corrected chi connectivity index (χ3v) is 6.14. The molecule has 4 aromatic rings. The number of carbonyl (C=O) groups excluding carboxylic acids is 1. The Labute approximate surface area is 201 Å². The fourth-order valence-electron chi connectivity index (χ4n) is 4.28. The van der Waals surface area contributed by atoms with Gasteiger partial charge in [-0.3, -0.25) is 0 Å². The van der Waals surface area contributed by atoms with Crippen LogP contribution in [0.3, 0.4) is 0 Å². The Hall–Kier alpha value is -3.85. The van der Waals surface area contributed by atoms with Crippen LogP contribution >= 0.6 is 0 Å². The molecule has 0 saturated carbocycles. The highest BCUT2D eigenvalue weighted by Crippen LogP contribution is 2.31. The summed E-state index contributed by atoms with van der Waals surface area (Å²) in [6, 6.07) is 15.3. The molecule has 0 aromatic heterocycles. The SMILES string of the molecule is CCCCCCCc1ccc2c(ccc3c(F)c(C(=O)Oc4cc(F)c(C#N)c(F)c4)ccc32)c1. The Morgan fingerprint density at radius 3 is 2.26 bits per heavy atom. The van der Waals surface area contributed by atoms with E-state index < -0.39 is 34.7 Å². The minimum Gasteiger partial charge on any atom is -0.423 e. The molecule has 0 unspecified atom stereocenters. The van der Waals surface area contributed by atoms with E-state index in [1.165, 1.54) is 43.4 Å². The number of fused-ring (bicyclic) bond motifs is 3. The summed E-state index contributed by atoms with van der Waals surface area (Å²) < 4.78 is 47.9. The van der Waals surface area contributed by atoms with Gasteiger partial charge in [0.2, 0.25) is 0 Å². The van der Waals surface area contributed by atoms with E-state index >= 15 is 4.39 Å². The molecule has 178 valence electrons. The number of nitrogens with zero attached hydrogens (tertiary/aromatic N) is 1. The van der Waals surface area contributed by atoms with Crippen LogP contribution in [0.2, 0.25) is 0 Å². The Bertz CT molecular complexity index is 1430. The number of hydrogen-bond donors (Lipinski definition) is 0. The number of esters is 1. The van der Waals surface area contributed by atoms with Crippen LogP contribution in [0.15, 0.2) is 54.6 Å². The number of ether oxygens (including phenoxy) is 1. The summed E-state index contributed by atoms with van der Waals surface area (Å²) in [5.41, 5.74) is 0.0924. The average molecular weight is 476 g/mol. The van der Waals surface area contributed by atoms with Crippen LogP contribution < -0.4 is 4.74 Å². The second-order valence-corrected chi connectivity index (χ2v) is 8.57. The normalized spacial score (nSPS) is 11.1. The van der Waals surface area contributed by atoms with E-state index in [4.69, 9.17) is 10.00 Å². The number of carbonyl (C=O) groups is 1. The number of nitriles is 1. The molecular formula is C29H24F3NO2. The Morgan fingerprint density at radius 1 is 0.857 bits per heavy atom. The molecule has 0 atom stereocenters. The zero-order valence-electron chi connectivity index (χ0n) is 19.3. The topological polar surface area (TPSA) is 50.1 Å². The standard InChI is InChI=1S/C29H24F3NO2/c1-2-3-4-5-6-7-18-8-10-21-19(14-18)9-11-23-22(21)12-13-24(28(23)32)29(34)35-20-15-26(30)25(17-33)27(31)16-20/h8-16H,2-7H2,1H3. The van der Waals surface area contributed by atoms with Crippen molar-refractivity contribution in [3.05, 3.63) is 88.7 Å². The van der Waals surface area contributed by atoms with Crippen LogP contribution in [0.5, 0.6) is 5.75 Å². The molecule has 0 N–H and O–H groups in total. The summed E-state index contributed by atoms with van der Waals surface area (Å²) in [6.45, 7) is 2.19. The highest BCUT2D eigenvalue weighted by Gasteiger charge is 2.20. The Balaban J connectivity index is 1.58. The van der Waals surface area contributed by atoms with E-state index in [2.05, 4.69) is 19.1 Å². The third-order valence-electron chi connectivity index (χ3n) is 6.14. The number of unbranched alkanes of at least 4 members (excludes halogenated alkanes) is 4. The molecule has 0 aliphatic heterocycles. The first-order chi connectivity index (χ1) is 16.9. The molecule has 3 nitrogen and oxygen atoms in total. The number of hydrogen-bond acceptors (Lipinski definition) is 3. The maximum Gasteiger partial charge on any atom is 0.346 e. The van der Waals surface area contributed by atoms with Crippen molar-refractivity contribution in [2.24, 2.45) is 0 Å². The average Bonchev–Trinajstić information content (AvgIpc) is 2.83. The number of benzene rings is 4. The van der Waals surface area contributed by atoms with E-state index in [0.29, 0.717) is 17.5 Å². The van der Waals surface area contributed by atoms with Crippen LogP contribution in [-0.2, 0) is 6.42 Å². The summed E-state index contributed by atoms with van der Waals surface area (Å²) in [7, 11) is 0. The van der Waals surface area contributed by atoms with Gasteiger partial charge in [-0.1, -0.05) is 69.0 Å². The summed E-state index contributed by atoms with van der Waals surface area (Å²) >= 11 is 0. The van der Waals surface area contributed by atoms with Gasteiger partial charge in [-0.2, -0.15) is 5.26 Å². The summed E-state index contributed by atoms with van der Waals surface area (Å²) in [5.74, 6) is -4.65. The quantitative estimate of drug-likeness (QED) is 0.112. The number of rotatable bonds is 8. The smallest absolute Gasteiger partial charge is 0.346 e. The molecule has 0 bridgehead atoms. The van der Waals surface area contributed by atoms with Crippen LogP contribution in [0.4, 0.5) is 13.2 Å². The van der Waals surface area contributed by atoms with E-state index in [1.807, 2.05) is 12.1 Å². The van der Waals surface area contributed by atoms with Crippen molar-refractivity contribution in [3.63, 3.8) is 0 Å². The van der Waals surface area contributed by atoms with E-state index in [0.717, 1.165) is 23.6 Å². The monoisotopic (exact) mass is 475 g/mol. The van der Waals surface area contributed by atoms with Crippen molar-refractivity contribution >= 4 is 27.5 Å². The van der Waals surface area contributed by atoms with Crippen molar-refractivity contribution in [2.75, 3.05) is 0 Å². The summed E-state index contributed by atoms with van der Waals surface area (Å²) in [4.78, 5) is 12.6. The van der Waals surface area contributed by atoms with E-state index in [-0.39, 0.29) is 10.9 Å². The second-order valence-electron chi connectivity index (χ2n) is 8.57. The fraction of sp³-hybridized carbons (Fsp3) is 0.241. The summed E-state index contributed by atoms with van der Waals surface area (Å²) in [6.07, 6.45) is 7.04. The molecule has 0 spiro atoms. The molecule has 35 heavy (non-hydrogen) atoms. The van der Waals surface area contributed by atoms with Crippen molar-refractivity contribution in [3.8, 4) is 11.8 Å². The lowest BCUT2D eigenvalue weighted by Crippen LogP contribution is -2.11. The number of halogens is 3. The highest BCUT2D eigenvalue weighted by molar-refractivity contribution is 6.09. The number of aryl methyl sites for hydroxylation is 1. The van der Waals surface area contributed by atoms with E-state index in [1.54, 1.807) is 12.1 Å². The van der Waals surface area contributed by atoms with Gasteiger partial charge in [0.1, 0.15) is 34.8 Å². The maximum absolute atomic E-state index is 15.3. The highest BCUT2D eigenvalue weighted by atomic mass is 19.1. The lowest BCUT2D eigenvalue weighted by molar-refractivity contribution is 0.0729. The second kappa shape index (κ2) is 10.6. The van der Waals surface area contributed by atoms with Crippen molar-refractivity contribution in [2.45, 2.75) is 45.4 Å². The zero-order valence-corrected chi connectivity index (χ0v) is 19.3. The van der Waals surface area contributed by atoms with Crippen LogP contribution in [0.25, 0.3) is 21.5 Å². The fourth-order valence-corrected chi connectivity index (χ4v) is 4.28. The largest absolute Gasteiger partial charge is 0.423 e. The predicted octanol–water partition coefficient (Wildman–Crippen LogP) is 8.01. The lowest BCUT2D eigenvalue weighted by atomic mass is 9.96. The van der Waals surface area contributed by atoms with Crippen molar-refractivity contribution in [1.29, 1.82) is 5.26 Å².